The number of hydrogen-bond donors (Lipinski definition) is 1. The first-order valence-electron chi connectivity index (χ1n) is 7.37. The number of aromatic nitrogens is 2. The molecule has 1 aliphatic rings. The molecule has 0 saturated carbocycles. The summed E-state index contributed by atoms with van der Waals surface area (Å²) in [4.78, 5) is 34.9. The summed E-state index contributed by atoms with van der Waals surface area (Å²) in [5.41, 5.74) is 0. The number of likely N-dealkylation sites (N-methyl/N-ethyl adjacent to an activating group) is 1. The summed E-state index contributed by atoms with van der Waals surface area (Å²) >= 11 is 0. The molecule has 2 heterocycles. The van der Waals surface area contributed by atoms with E-state index in [2.05, 4.69) is 16.5 Å². The lowest BCUT2D eigenvalue weighted by Crippen LogP contribution is -2.45. The van der Waals surface area contributed by atoms with Crippen LogP contribution in [0, 0.1) is 0 Å². The predicted molar refractivity (Wildman–Crippen MR) is 79.3 cm³/mol. The zero-order valence-corrected chi connectivity index (χ0v) is 12.4. The third-order valence-corrected chi connectivity index (χ3v) is 3.85. The average molecular weight is 290 g/mol. The molecule has 21 heavy (non-hydrogen) atoms. The SMILES string of the molecule is C=CC(=O)N(CC)CC(=O)N1CCCCC1c1ncc[nH]1. The van der Waals surface area contributed by atoms with Gasteiger partial charge in [-0.3, -0.25) is 9.59 Å². The summed E-state index contributed by atoms with van der Waals surface area (Å²) in [7, 11) is 0. The molecular formula is C15H22N4O2. The number of likely N-dealkylation sites (tertiary alicyclic amines) is 1. The van der Waals surface area contributed by atoms with Crippen molar-refractivity contribution in [2.24, 2.45) is 0 Å². The normalized spacial score (nSPS) is 18.3. The van der Waals surface area contributed by atoms with Gasteiger partial charge in [-0.1, -0.05) is 6.58 Å². The summed E-state index contributed by atoms with van der Waals surface area (Å²) in [6.07, 6.45) is 7.69. The van der Waals surface area contributed by atoms with Crippen LogP contribution in [0.4, 0.5) is 0 Å². The molecule has 1 saturated heterocycles. The van der Waals surface area contributed by atoms with E-state index < -0.39 is 0 Å². The quantitative estimate of drug-likeness (QED) is 0.835. The van der Waals surface area contributed by atoms with E-state index in [-0.39, 0.29) is 24.4 Å². The fourth-order valence-corrected chi connectivity index (χ4v) is 2.70. The Labute approximate surface area is 124 Å². The molecule has 1 unspecified atom stereocenters. The predicted octanol–water partition coefficient (Wildman–Crippen LogP) is 1.50. The van der Waals surface area contributed by atoms with Gasteiger partial charge in [0.25, 0.3) is 0 Å². The van der Waals surface area contributed by atoms with Crippen molar-refractivity contribution in [2.75, 3.05) is 19.6 Å². The van der Waals surface area contributed by atoms with Crippen LogP contribution >= 0.6 is 0 Å². The van der Waals surface area contributed by atoms with E-state index in [4.69, 9.17) is 0 Å². The summed E-state index contributed by atoms with van der Waals surface area (Å²) in [6.45, 7) is 6.63. The van der Waals surface area contributed by atoms with E-state index in [0.29, 0.717) is 13.1 Å². The lowest BCUT2D eigenvalue weighted by Gasteiger charge is -2.35. The molecule has 2 rings (SSSR count). The van der Waals surface area contributed by atoms with Gasteiger partial charge >= 0.3 is 0 Å². The van der Waals surface area contributed by atoms with Crippen LogP contribution in [-0.4, -0.2) is 51.2 Å². The third-order valence-electron chi connectivity index (χ3n) is 3.85. The van der Waals surface area contributed by atoms with Crippen molar-refractivity contribution in [3.8, 4) is 0 Å². The van der Waals surface area contributed by atoms with Crippen molar-refractivity contribution in [1.29, 1.82) is 0 Å². The number of aromatic amines is 1. The van der Waals surface area contributed by atoms with Crippen molar-refractivity contribution < 1.29 is 9.59 Å². The fraction of sp³-hybridized carbons (Fsp3) is 0.533. The number of nitrogens with one attached hydrogen (secondary N) is 1. The molecule has 0 aromatic carbocycles. The van der Waals surface area contributed by atoms with Crippen molar-refractivity contribution in [1.82, 2.24) is 19.8 Å². The Morgan fingerprint density at radius 1 is 1.57 bits per heavy atom. The molecule has 1 aromatic rings. The van der Waals surface area contributed by atoms with E-state index in [1.807, 2.05) is 11.8 Å². The highest BCUT2D eigenvalue weighted by Gasteiger charge is 2.30. The van der Waals surface area contributed by atoms with Crippen molar-refractivity contribution >= 4 is 11.8 Å². The molecule has 1 fully saturated rings. The van der Waals surface area contributed by atoms with Gasteiger partial charge in [0.05, 0.1) is 6.04 Å². The zero-order valence-electron chi connectivity index (χ0n) is 12.4. The highest BCUT2D eigenvalue weighted by molar-refractivity contribution is 5.91. The smallest absolute Gasteiger partial charge is 0.246 e. The number of rotatable bonds is 5. The van der Waals surface area contributed by atoms with Gasteiger partial charge in [-0.2, -0.15) is 0 Å². The standard InChI is InChI=1S/C15H22N4O2/c1-3-13(20)18(4-2)11-14(21)19-10-6-5-7-12(19)15-16-8-9-17-15/h3,8-9,12H,1,4-7,10-11H2,2H3,(H,16,17). The molecule has 0 aliphatic carbocycles. The molecule has 1 atom stereocenters. The van der Waals surface area contributed by atoms with Gasteiger partial charge in [0.1, 0.15) is 12.4 Å². The number of piperidine rings is 1. The Kier molecular flexibility index (Phi) is 5.14. The lowest BCUT2D eigenvalue weighted by atomic mass is 10.0. The Morgan fingerprint density at radius 2 is 2.38 bits per heavy atom. The molecule has 1 aromatic heterocycles. The number of amides is 2. The second kappa shape index (κ2) is 7.06. The Hall–Kier alpha value is -2.11. The van der Waals surface area contributed by atoms with Gasteiger partial charge in [-0.05, 0) is 32.3 Å². The van der Waals surface area contributed by atoms with Gasteiger partial charge < -0.3 is 14.8 Å². The van der Waals surface area contributed by atoms with Crippen LogP contribution < -0.4 is 0 Å². The van der Waals surface area contributed by atoms with Gasteiger partial charge in [-0.25, -0.2) is 4.98 Å². The molecular weight excluding hydrogens is 268 g/mol. The van der Waals surface area contributed by atoms with Crippen LogP contribution in [0.1, 0.15) is 38.1 Å². The maximum Gasteiger partial charge on any atom is 0.246 e. The van der Waals surface area contributed by atoms with Crippen LogP contribution in [0.2, 0.25) is 0 Å². The monoisotopic (exact) mass is 290 g/mol. The first kappa shape index (κ1) is 15.3. The van der Waals surface area contributed by atoms with Crippen molar-refractivity contribution in [3.63, 3.8) is 0 Å². The molecule has 2 amide bonds. The highest BCUT2D eigenvalue weighted by Crippen LogP contribution is 2.28. The molecule has 0 radical (unpaired) electrons. The fourth-order valence-electron chi connectivity index (χ4n) is 2.70. The summed E-state index contributed by atoms with van der Waals surface area (Å²) in [5.74, 6) is 0.576. The Bertz CT molecular complexity index is 498. The van der Waals surface area contributed by atoms with Gasteiger partial charge in [0.15, 0.2) is 0 Å². The number of carbonyl (C=O) groups excluding carboxylic acids is 2. The number of hydrogen-bond acceptors (Lipinski definition) is 3. The third kappa shape index (κ3) is 3.51. The second-order valence-corrected chi connectivity index (χ2v) is 5.13. The number of carbonyl (C=O) groups is 2. The van der Waals surface area contributed by atoms with E-state index in [1.54, 1.807) is 12.4 Å². The highest BCUT2D eigenvalue weighted by atomic mass is 16.2. The average Bonchev–Trinajstić information content (AvgIpc) is 3.05. The molecule has 1 aliphatic heterocycles. The van der Waals surface area contributed by atoms with Crippen LogP contribution in [0.3, 0.4) is 0 Å². The van der Waals surface area contributed by atoms with Crippen LogP contribution in [0.5, 0.6) is 0 Å². The van der Waals surface area contributed by atoms with Gasteiger partial charge in [-0.15, -0.1) is 0 Å². The molecule has 6 heteroatoms. The zero-order chi connectivity index (χ0) is 15.2. The minimum Gasteiger partial charge on any atom is -0.347 e. The number of imidazole rings is 1. The Balaban J connectivity index is 2.08. The first-order valence-corrected chi connectivity index (χ1v) is 7.37. The number of nitrogens with zero attached hydrogens (tertiary/aromatic N) is 3. The van der Waals surface area contributed by atoms with E-state index >= 15 is 0 Å². The second-order valence-electron chi connectivity index (χ2n) is 5.13. The summed E-state index contributed by atoms with van der Waals surface area (Å²) < 4.78 is 0. The maximum atomic E-state index is 12.5. The van der Waals surface area contributed by atoms with Crippen molar-refractivity contribution in [3.05, 3.63) is 30.9 Å². The van der Waals surface area contributed by atoms with Crippen LogP contribution in [-0.2, 0) is 9.59 Å². The molecule has 1 N–H and O–H groups in total. The minimum absolute atomic E-state index is 0.0150. The topological polar surface area (TPSA) is 69.3 Å². The maximum absolute atomic E-state index is 12.5. The van der Waals surface area contributed by atoms with Crippen LogP contribution in [0.15, 0.2) is 25.0 Å². The Morgan fingerprint density at radius 3 is 3.00 bits per heavy atom. The van der Waals surface area contributed by atoms with Gasteiger partial charge in [0, 0.05) is 25.5 Å². The molecule has 0 spiro atoms. The van der Waals surface area contributed by atoms with Gasteiger partial charge in [0.2, 0.25) is 11.8 Å². The van der Waals surface area contributed by atoms with E-state index in [0.717, 1.165) is 25.1 Å². The van der Waals surface area contributed by atoms with Crippen molar-refractivity contribution in [2.45, 2.75) is 32.2 Å². The largest absolute Gasteiger partial charge is 0.347 e. The first-order chi connectivity index (χ1) is 10.2. The molecule has 6 nitrogen and oxygen atoms in total. The minimum atomic E-state index is -0.211. The van der Waals surface area contributed by atoms with E-state index in [1.165, 1.54) is 11.0 Å². The lowest BCUT2D eigenvalue weighted by molar-refractivity contribution is -0.141. The van der Waals surface area contributed by atoms with Crippen LogP contribution in [0.25, 0.3) is 0 Å². The van der Waals surface area contributed by atoms with E-state index in [9.17, 15) is 9.59 Å². The summed E-state index contributed by atoms with van der Waals surface area (Å²) in [6, 6.07) is -0.0150. The number of H-pyrrole nitrogens is 1. The molecule has 0 bridgehead atoms. The summed E-state index contributed by atoms with van der Waals surface area (Å²) in [5, 5.41) is 0. The molecule has 114 valence electrons.